The van der Waals surface area contributed by atoms with E-state index in [4.69, 9.17) is 37.9 Å². The third-order valence-corrected chi connectivity index (χ3v) is 22.2. The van der Waals surface area contributed by atoms with E-state index in [9.17, 15) is 15.3 Å². The molecule has 11 nitrogen and oxygen atoms in total. The van der Waals surface area contributed by atoms with Crippen LogP contribution in [-0.4, -0.2) is 74.3 Å². The average molecular weight is 1550 g/mol. The molecule has 3 N–H and O–H groups in total. The van der Waals surface area contributed by atoms with Crippen LogP contribution in [0.2, 0.25) is 0 Å². The van der Waals surface area contributed by atoms with Gasteiger partial charge >= 0.3 is 0 Å². The van der Waals surface area contributed by atoms with Gasteiger partial charge in [0, 0.05) is 12.1 Å². The van der Waals surface area contributed by atoms with Gasteiger partial charge in [0.05, 0.1) is 71.2 Å². The van der Waals surface area contributed by atoms with Crippen molar-refractivity contribution in [2.45, 2.75) is 327 Å². The van der Waals surface area contributed by atoms with Crippen molar-refractivity contribution >= 4 is 0 Å². The Morgan fingerprint density at radius 2 is 0.688 bits per heavy atom. The van der Waals surface area contributed by atoms with Gasteiger partial charge in [-0.15, -0.1) is 0 Å². The Morgan fingerprint density at radius 1 is 0.330 bits per heavy atom. The third-order valence-electron chi connectivity index (χ3n) is 22.2. The summed E-state index contributed by atoms with van der Waals surface area (Å²) in [6.45, 7) is 34.4. The van der Waals surface area contributed by atoms with E-state index in [2.05, 4.69) is 107 Å². The summed E-state index contributed by atoms with van der Waals surface area (Å²) >= 11 is 0. The summed E-state index contributed by atoms with van der Waals surface area (Å²) in [4.78, 5) is 0. The van der Waals surface area contributed by atoms with E-state index in [0.717, 1.165) is 198 Å². The number of aryl methyl sites for hydroxylation is 1. The number of rotatable bonds is 41. The van der Waals surface area contributed by atoms with Crippen molar-refractivity contribution in [1.82, 2.24) is 0 Å². The highest BCUT2D eigenvalue weighted by molar-refractivity contribution is 5.35. The maximum Gasteiger partial charge on any atom is 0.122 e. The molecule has 0 amide bonds. The van der Waals surface area contributed by atoms with E-state index in [0.29, 0.717) is 30.1 Å². The van der Waals surface area contributed by atoms with Crippen LogP contribution in [0.5, 0.6) is 46.0 Å². The first-order valence-corrected chi connectivity index (χ1v) is 45.2. The topological polar surface area (TPSA) is 135 Å². The highest BCUT2D eigenvalue weighted by Crippen LogP contribution is 2.32. The Hall–Kier alpha value is -6.40. The number of hydrogen-bond acceptors (Lipinski definition) is 11. The summed E-state index contributed by atoms with van der Waals surface area (Å²) in [7, 11) is 0. The molecule has 0 heterocycles. The molecule has 0 saturated heterocycles. The first-order valence-electron chi connectivity index (χ1n) is 45.2. The third kappa shape index (κ3) is 45.0. The lowest BCUT2D eigenvalue weighted by Gasteiger charge is -2.22. The molecule has 0 bridgehead atoms. The van der Waals surface area contributed by atoms with E-state index < -0.39 is 6.10 Å². The normalized spacial score (nSPS) is 15.3. The zero-order valence-corrected chi connectivity index (χ0v) is 72.9. The van der Waals surface area contributed by atoms with E-state index in [1.807, 2.05) is 128 Å². The smallest absolute Gasteiger partial charge is 0.122 e. The molecule has 3 aliphatic carbocycles. The van der Waals surface area contributed by atoms with Crippen LogP contribution < -0.4 is 37.9 Å². The molecule has 6 aromatic rings. The number of ether oxygens (including phenoxy) is 8. The molecular formula is C101H160O11. The molecular weight excluding hydrogens is 1390 g/mol. The minimum atomic E-state index is -0.391. The molecule has 0 aliphatic heterocycles. The maximum atomic E-state index is 10.3. The summed E-state index contributed by atoms with van der Waals surface area (Å²) < 4.78 is 46.5. The molecule has 3 aliphatic rings. The lowest BCUT2D eigenvalue weighted by atomic mass is 9.90. The van der Waals surface area contributed by atoms with Gasteiger partial charge in [-0.3, -0.25) is 0 Å². The van der Waals surface area contributed by atoms with E-state index in [1.165, 1.54) is 147 Å². The van der Waals surface area contributed by atoms with Crippen molar-refractivity contribution in [3.63, 3.8) is 0 Å². The molecule has 3 fully saturated rings. The van der Waals surface area contributed by atoms with Gasteiger partial charge in [-0.2, -0.15) is 0 Å². The molecule has 630 valence electrons. The van der Waals surface area contributed by atoms with E-state index in [-0.39, 0.29) is 18.1 Å². The Labute approximate surface area is 684 Å². The van der Waals surface area contributed by atoms with Crippen LogP contribution in [0.1, 0.15) is 330 Å². The van der Waals surface area contributed by atoms with Gasteiger partial charge in [0.15, 0.2) is 0 Å². The molecule has 9 rings (SSSR count). The van der Waals surface area contributed by atoms with Crippen molar-refractivity contribution in [1.29, 1.82) is 0 Å². The largest absolute Gasteiger partial charge is 0.493 e. The lowest BCUT2D eigenvalue weighted by molar-refractivity contribution is 0.115. The van der Waals surface area contributed by atoms with Crippen molar-refractivity contribution in [3.8, 4) is 46.0 Å². The molecule has 11 heteroatoms. The molecule has 0 spiro atoms. The second kappa shape index (κ2) is 62.9. The lowest BCUT2D eigenvalue weighted by Crippen LogP contribution is -2.15. The van der Waals surface area contributed by atoms with Gasteiger partial charge in [-0.25, -0.2) is 0 Å². The fourth-order valence-corrected chi connectivity index (χ4v) is 14.0. The standard InChI is InChI=1S/C19H30O.2C18H28O2.2C16H26O2.C14H22O2/c1-2-3-10-17-13-9-14-19(15-17)20-16-18-11-7-5-4-6-8-12-18;1-3-14(2)18(19)16-10-7-11-17(12-16)20-13-15-8-5-4-6-9-15;1-2-13-19-17-11-8-12-18(14-17)20-15-16-9-6-4-3-5-7-10-16;1-4-13(5-2)12-18-16-9-7-8-14(11-16)10-15(17)6-3;1-4-8-16(17)14-9-7-10-15(11-14)18-12-13(5-2)6-3;1-4-9-15-13-6-5-7-14(11-13)16-10-8-12(2)3/h9,13-15,18H,2-8,10-12,16H2,1H3;7,10-12,14-15,18-19H,3-6,8-9,13H2,1-2H3;8,11-12,14,16H,2-7,9-10,13,15H2,1H3;7-9,11,13,15,17H,4-6,10,12H2,1-3H3;7,9-11,13,16-17H,4-6,8,12H2,1-3H3;5-7,11-12H,4,8-10H2,1-3H3/t;14-,18+;;15-;;/m.1.0../s1. The summed E-state index contributed by atoms with van der Waals surface area (Å²) in [5.41, 5.74) is 4.49. The van der Waals surface area contributed by atoms with Gasteiger partial charge in [-0.05, 0) is 226 Å². The van der Waals surface area contributed by atoms with Crippen LogP contribution in [0.15, 0.2) is 146 Å². The molecule has 0 aromatic heterocycles. The fraction of sp³-hybridized carbons (Fsp3) is 0.644. The van der Waals surface area contributed by atoms with Gasteiger partial charge in [0.25, 0.3) is 0 Å². The fourth-order valence-electron chi connectivity index (χ4n) is 14.0. The summed E-state index contributed by atoms with van der Waals surface area (Å²) in [5.74, 6) is 11.8. The Kier molecular flexibility index (Phi) is 55.0. The molecule has 4 atom stereocenters. The first-order chi connectivity index (χ1) is 54.6. The van der Waals surface area contributed by atoms with Crippen molar-refractivity contribution in [3.05, 3.63) is 168 Å². The molecule has 6 aromatic carbocycles. The Balaban J connectivity index is 0.000000284. The molecule has 1 unspecified atom stereocenters. The number of aliphatic hydroxyl groups excluding tert-OH is 3. The van der Waals surface area contributed by atoms with Gasteiger partial charge in [-0.1, -0.05) is 279 Å². The predicted octanol–water partition coefficient (Wildman–Crippen LogP) is 27.8. The zero-order valence-electron chi connectivity index (χ0n) is 72.9. The highest BCUT2D eigenvalue weighted by atomic mass is 16.5. The maximum absolute atomic E-state index is 10.3. The van der Waals surface area contributed by atoms with Crippen molar-refractivity contribution in [2.75, 3.05) is 52.9 Å². The molecule has 0 radical (unpaired) electrons. The first kappa shape index (κ1) is 98.0. The predicted molar refractivity (Wildman–Crippen MR) is 472 cm³/mol. The van der Waals surface area contributed by atoms with Gasteiger partial charge in [0.1, 0.15) is 46.0 Å². The average Bonchev–Trinajstić information content (AvgIpc) is 0.869. The van der Waals surface area contributed by atoms with Crippen LogP contribution in [0.4, 0.5) is 0 Å². The summed E-state index contributed by atoms with van der Waals surface area (Å²) in [6, 6.07) is 48.5. The minimum Gasteiger partial charge on any atom is -0.493 e. The van der Waals surface area contributed by atoms with E-state index >= 15 is 0 Å². The molecule has 112 heavy (non-hydrogen) atoms. The Morgan fingerprint density at radius 3 is 1.11 bits per heavy atom. The zero-order chi connectivity index (χ0) is 81.0. The van der Waals surface area contributed by atoms with Gasteiger partial charge in [0.2, 0.25) is 0 Å². The SMILES string of the molecule is CCC(CC)COc1cccc(C[C@@H](O)CC)c1.CCCC(O)c1cccc(OCC(CC)CC)c1.CCCCc1cccc(OCC2CCCCCCC2)c1.CCCOc1cccc(OCC2CCCCCCC2)c1.CCCOc1cccc(OCCC(C)C)c1.CC[C@@H](C)[C@H](O)c1cccc(OCC2CCCCC2)c1. The quantitative estimate of drug-likeness (QED) is 0.0339. The molecule has 3 saturated carbocycles. The van der Waals surface area contributed by atoms with Crippen LogP contribution >= 0.6 is 0 Å². The van der Waals surface area contributed by atoms with Gasteiger partial charge < -0.3 is 53.2 Å². The summed E-state index contributed by atoms with van der Waals surface area (Å²) in [5, 5.41) is 29.9. The highest BCUT2D eigenvalue weighted by Gasteiger charge is 2.19. The Bertz CT molecular complexity index is 3100. The number of hydrogen-bond donors (Lipinski definition) is 3. The van der Waals surface area contributed by atoms with Crippen molar-refractivity contribution < 1.29 is 53.2 Å². The number of unbranched alkanes of at least 4 members (excludes halogenated alkanes) is 1. The number of aliphatic hydroxyl groups is 3. The van der Waals surface area contributed by atoms with Crippen LogP contribution in [0.3, 0.4) is 0 Å². The van der Waals surface area contributed by atoms with Crippen LogP contribution in [0, 0.1) is 41.4 Å². The summed E-state index contributed by atoms with van der Waals surface area (Å²) in [6.07, 6.45) is 40.8. The number of benzene rings is 6. The minimum absolute atomic E-state index is 0.251. The van der Waals surface area contributed by atoms with Crippen LogP contribution in [0.25, 0.3) is 0 Å². The second-order valence-corrected chi connectivity index (χ2v) is 32.5. The van der Waals surface area contributed by atoms with E-state index in [1.54, 1.807) is 0 Å². The van der Waals surface area contributed by atoms with Crippen molar-refractivity contribution in [2.24, 2.45) is 41.4 Å². The second-order valence-electron chi connectivity index (χ2n) is 32.5. The van der Waals surface area contributed by atoms with Crippen LogP contribution in [-0.2, 0) is 12.8 Å². The monoisotopic (exact) mass is 1550 g/mol.